The molecule has 56 heavy (non-hydrogen) atoms. The maximum absolute atomic E-state index is 14.2. The van der Waals surface area contributed by atoms with Crippen molar-refractivity contribution in [1.82, 2.24) is 19.5 Å². The lowest BCUT2D eigenvalue weighted by Crippen LogP contribution is -2.17. The van der Waals surface area contributed by atoms with Gasteiger partial charge in [-0.3, -0.25) is 27.1 Å². The number of unbranched alkanes of at least 4 members (excludes halogenated alkanes) is 1. The van der Waals surface area contributed by atoms with Crippen LogP contribution >= 0.6 is 15.6 Å². The molecule has 0 aliphatic rings. The van der Waals surface area contributed by atoms with Crippen molar-refractivity contribution in [2.45, 2.75) is 52.2 Å². The summed E-state index contributed by atoms with van der Waals surface area (Å²) in [5.41, 5.74) is 4.66. The summed E-state index contributed by atoms with van der Waals surface area (Å²) in [6.07, 6.45) is 5.27. The molecule has 1 N–H and O–H groups in total. The van der Waals surface area contributed by atoms with E-state index < -0.39 is 21.6 Å². The lowest BCUT2D eigenvalue weighted by Gasteiger charge is -2.24. The van der Waals surface area contributed by atoms with Crippen LogP contribution in [0.1, 0.15) is 41.5 Å². The molecule has 0 spiro atoms. The largest absolute Gasteiger partial charge is 0.475 e. The van der Waals surface area contributed by atoms with E-state index in [9.17, 15) is 9.13 Å². The van der Waals surface area contributed by atoms with Crippen LogP contribution in [-0.4, -0.2) is 39.8 Å². The summed E-state index contributed by atoms with van der Waals surface area (Å²) in [5, 5.41) is 3.05. The minimum atomic E-state index is -4.11. The molecule has 0 saturated carbocycles. The van der Waals surface area contributed by atoms with Crippen LogP contribution in [0.4, 0.5) is 5.82 Å². The van der Waals surface area contributed by atoms with Gasteiger partial charge in [0.15, 0.2) is 11.5 Å². The summed E-state index contributed by atoms with van der Waals surface area (Å²) >= 11 is 0. The Hall–Kier alpha value is -4.55. The Labute approximate surface area is 327 Å². The number of aryl methyl sites for hydroxylation is 1. The van der Waals surface area contributed by atoms with Gasteiger partial charge in [-0.2, -0.15) is 0 Å². The number of hydrogen-bond acceptors (Lipinski definition) is 12. The first-order valence-electron chi connectivity index (χ1n) is 18.5. The molecule has 15 heteroatoms. The van der Waals surface area contributed by atoms with E-state index in [1.54, 1.807) is 13.4 Å². The summed E-state index contributed by atoms with van der Waals surface area (Å²) in [6.45, 7) is 0.547. The topological polar surface area (TPSA) is 145 Å². The van der Waals surface area contributed by atoms with Crippen molar-refractivity contribution < 1.29 is 36.3 Å². The number of phosphoric ester groups is 2. The Bertz CT molecular complexity index is 1940. The summed E-state index contributed by atoms with van der Waals surface area (Å²) in [6, 6.07) is 37.5. The Morgan fingerprint density at radius 3 is 1.41 bits per heavy atom. The maximum atomic E-state index is 14.2. The zero-order valence-corrected chi connectivity index (χ0v) is 33.1. The third-order valence-electron chi connectivity index (χ3n) is 8.76. The quantitative estimate of drug-likeness (QED) is 0.0460. The smallest absolute Gasteiger partial charge is 0.371 e. The number of imidazole rings is 1. The van der Waals surface area contributed by atoms with Gasteiger partial charge in [0.05, 0.1) is 46.0 Å². The number of hydrogen-bond donors (Lipinski definition) is 1. The van der Waals surface area contributed by atoms with Crippen LogP contribution in [0.25, 0.3) is 11.2 Å². The molecule has 13 nitrogen and oxygen atoms in total. The molecular formula is C41H47N5O8P2. The van der Waals surface area contributed by atoms with Crippen molar-refractivity contribution in [1.29, 1.82) is 0 Å². The Kier molecular flexibility index (Phi) is 15.5. The molecule has 2 aromatic heterocycles. The lowest BCUT2D eigenvalue weighted by molar-refractivity contribution is 0.0594. The minimum absolute atomic E-state index is 0.0155. The van der Waals surface area contributed by atoms with Crippen LogP contribution in [0.15, 0.2) is 134 Å². The molecule has 6 rings (SSSR count). The van der Waals surface area contributed by atoms with Crippen molar-refractivity contribution in [3.05, 3.63) is 156 Å². The van der Waals surface area contributed by atoms with Gasteiger partial charge in [0.2, 0.25) is 0 Å². The second-order valence-electron chi connectivity index (χ2n) is 13.0. The molecule has 0 saturated heterocycles. The second-order valence-corrected chi connectivity index (χ2v) is 16.3. The minimum Gasteiger partial charge on any atom is -0.371 e. The standard InChI is InChI=1S/C41H47N5O8P2/c1-42-40-39-41(44-32-43-40)46(33-45-39)25-15-14-24-38(30-53-55(47,49-26-34-16-6-2-7-17-34)50-27-35-18-8-3-9-19-35)31-54-56(48,51-28-36-20-10-4-11-21-36)52-29-37-22-12-5-13-23-37/h2-13,16-23,32-33,38H,14-15,24-31H2,1H3,(H,42,43,44). The van der Waals surface area contributed by atoms with Gasteiger partial charge >= 0.3 is 15.6 Å². The normalized spacial score (nSPS) is 12.0. The van der Waals surface area contributed by atoms with Crippen LogP contribution in [0, 0.1) is 5.92 Å². The third-order valence-corrected chi connectivity index (χ3v) is 11.5. The zero-order chi connectivity index (χ0) is 38.9. The fourth-order valence-electron chi connectivity index (χ4n) is 5.69. The number of benzene rings is 4. The molecule has 0 atom stereocenters. The molecular weight excluding hydrogens is 752 g/mol. The van der Waals surface area contributed by atoms with Gasteiger partial charge in [-0.15, -0.1) is 0 Å². The third kappa shape index (κ3) is 12.7. The van der Waals surface area contributed by atoms with Crippen molar-refractivity contribution in [3.8, 4) is 0 Å². The molecule has 0 aliphatic heterocycles. The first-order valence-corrected chi connectivity index (χ1v) is 21.4. The van der Waals surface area contributed by atoms with E-state index in [1.165, 1.54) is 6.33 Å². The predicted molar refractivity (Wildman–Crippen MR) is 214 cm³/mol. The van der Waals surface area contributed by atoms with Crippen molar-refractivity contribution in [3.63, 3.8) is 0 Å². The second kappa shape index (κ2) is 21.1. The lowest BCUT2D eigenvalue weighted by atomic mass is 10.0. The molecule has 0 unspecified atom stereocenters. The van der Waals surface area contributed by atoms with Crippen molar-refractivity contribution in [2.24, 2.45) is 5.92 Å². The number of fused-ring (bicyclic) bond motifs is 1. The van der Waals surface area contributed by atoms with Gasteiger partial charge in [0.1, 0.15) is 11.8 Å². The molecule has 294 valence electrons. The number of nitrogens with zero attached hydrogens (tertiary/aromatic N) is 4. The van der Waals surface area contributed by atoms with Gasteiger partial charge in [-0.25, -0.2) is 24.1 Å². The Morgan fingerprint density at radius 2 is 1.00 bits per heavy atom. The van der Waals surface area contributed by atoms with Gasteiger partial charge in [-0.05, 0) is 35.1 Å². The SMILES string of the molecule is CNc1ncnc2c1ncn2CCCCC(COP(=O)(OCc1ccccc1)OCc1ccccc1)COP(=O)(OCc1ccccc1)OCc1ccccc1. The number of anilines is 1. The zero-order valence-electron chi connectivity index (χ0n) is 31.3. The predicted octanol–water partition coefficient (Wildman–Crippen LogP) is 9.77. The van der Waals surface area contributed by atoms with Gasteiger partial charge in [0, 0.05) is 19.5 Å². The van der Waals surface area contributed by atoms with Crippen LogP contribution in [0.3, 0.4) is 0 Å². The van der Waals surface area contributed by atoms with E-state index in [0.717, 1.165) is 34.3 Å². The van der Waals surface area contributed by atoms with E-state index >= 15 is 0 Å². The number of aromatic nitrogens is 4. The first kappa shape index (κ1) is 41.1. The van der Waals surface area contributed by atoms with Gasteiger partial charge in [0.25, 0.3) is 0 Å². The van der Waals surface area contributed by atoms with E-state index in [-0.39, 0.29) is 39.6 Å². The van der Waals surface area contributed by atoms with Crippen LogP contribution in [0.2, 0.25) is 0 Å². The maximum Gasteiger partial charge on any atom is 0.475 e. The van der Waals surface area contributed by atoms with E-state index in [1.807, 2.05) is 126 Å². The van der Waals surface area contributed by atoms with Crippen molar-refractivity contribution >= 4 is 32.6 Å². The summed E-state index contributed by atoms with van der Waals surface area (Å²) in [7, 11) is -6.42. The van der Waals surface area contributed by atoms with Gasteiger partial charge < -0.3 is 9.88 Å². The fourth-order valence-corrected chi connectivity index (χ4v) is 8.15. The highest BCUT2D eigenvalue weighted by Crippen LogP contribution is 2.53. The first-order chi connectivity index (χ1) is 27.4. The highest BCUT2D eigenvalue weighted by molar-refractivity contribution is 7.48. The van der Waals surface area contributed by atoms with Crippen LogP contribution in [0.5, 0.6) is 0 Å². The van der Waals surface area contributed by atoms with E-state index in [0.29, 0.717) is 30.7 Å². The summed E-state index contributed by atoms with van der Waals surface area (Å²) in [4.78, 5) is 13.2. The molecule has 0 fully saturated rings. The Morgan fingerprint density at radius 1 is 0.571 bits per heavy atom. The average Bonchev–Trinajstić information content (AvgIpc) is 3.68. The van der Waals surface area contributed by atoms with Crippen LogP contribution < -0.4 is 5.32 Å². The highest BCUT2D eigenvalue weighted by Gasteiger charge is 2.32. The molecule has 0 bridgehead atoms. The molecule has 0 radical (unpaired) electrons. The number of nitrogens with one attached hydrogen (secondary N) is 1. The average molecular weight is 800 g/mol. The molecule has 4 aromatic carbocycles. The molecule has 0 aliphatic carbocycles. The fraction of sp³-hybridized carbons (Fsp3) is 0.293. The van der Waals surface area contributed by atoms with E-state index in [2.05, 4.69) is 20.3 Å². The summed E-state index contributed by atoms with van der Waals surface area (Å²) < 4.78 is 66.0. The number of phosphoric acid groups is 2. The van der Waals surface area contributed by atoms with Gasteiger partial charge in [-0.1, -0.05) is 128 Å². The monoisotopic (exact) mass is 799 g/mol. The number of rotatable bonds is 24. The van der Waals surface area contributed by atoms with Crippen molar-refractivity contribution in [2.75, 3.05) is 25.6 Å². The summed E-state index contributed by atoms with van der Waals surface area (Å²) in [5.74, 6) is 0.251. The molecule has 2 heterocycles. The molecule has 6 aromatic rings. The molecule has 0 amide bonds. The highest BCUT2D eigenvalue weighted by atomic mass is 31.2. The van der Waals surface area contributed by atoms with E-state index in [4.69, 9.17) is 27.1 Å². The van der Waals surface area contributed by atoms with Crippen LogP contribution in [-0.2, 0) is 69.2 Å². The Balaban J connectivity index is 1.16.